The predicted molar refractivity (Wildman–Crippen MR) is 176 cm³/mol. The number of carbonyl (C=O) groups is 2. The SMILES string of the molecule is Cc1nnc(SC[C@H]2C[C@@H](c3ccc(CO)cc3)O[C@@H](c3ccc(-c4ccccc4CNC(=O)CCCCC(=O)NO)cc3)O2)s1. The number of ether oxygens (including phenoxy) is 2. The van der Waals surface area contributed by atoms with Gasteiger partial charge in [0.2, 0.25) is 11.8 Å². The fourth-order valence-electron chi connectivity index (χ4n) is 5.21. The van der Waals surface area contributed by atoms with Crippen molar-refractivity contribution >= 4 is 34.9 Å². The summed E-state index contributed by atoms with van der Waals surface area (Å²) in [5.74, 6) is 0.180. The predicted octanol–water partition coefficient (Wildman–Crippen LogP) is 6.03. The maximum Gasteiger partial charge on any atom is 0.243 e. The average Bonchev–Trinajstić information content (AvgIpc) is 3.53. The van der Waals surface area contributed by atoms with Crippen molar-refractivity contribution < 1.29 is 29.4 Å². The summed E-state index contributed by atoms with van der Waals surface area (Å²) in [4.78, 5) is 23.6. The lowest BCUT2D eigenvalue weighted by molar-refractivity contribution is -0.245. The minimum Gasteiger partial charge on any atom is -0.392 e. The number of benzene rings is 3. The van der Waals surface area contributed by atoms with Gasteiger partial charge in [-0.1, -0.05) is 95.9 Å². The van der Waals surface area contributed by atoms with Crippen molar-refractivity contribution in [2.45, 2.75) is 75.0 Å². The second-order valence-corrected chi connectivity index (χ2v) is 13.5. The van der Waals surface area contributed by atoms with E-state index in [-0.39, 0.29) is 31.1 Å². The summed E-state index contributed by atoms with van der Waals surface area (Å²) >= 11 is 3.21. The summed E-state index contributed by atoms with van der Waals surface area (Å²) in [7, 11) is 0. The van der Waals surface area contributed by atoms with Gasteiger partial charge in [-0.3, -0.25) is 14.8 Å². The molecule has 3 aromatic carbocycles. The Morgan fingerprint density at radius 1 is 0.935 bits per heavy atom. The van der Waals surface area contributed by atoms with Crippen LogP contribution in [0.15, 0.2) is 77.1 Å². The summed E-state index contributed by atoms with van der Waals surface area (Å²) in [6.07, 6.45) is 1.45. The van der Waals surface area contributed by atoms with Gasteiger partial charge in [0.05, 0.1) is 18.8 Å². The van der Waals surface area contributed by atoms with Crippen molar-refractivity contribution in [2.24, 2.45) is 0 Å². The monoisotopic (exact) mass is 662 g/mol. The Kier molecular flexibility index (Phi) is 12.3. The van der Waals surface area contributed by atoms with E-state index in [2.05, 4.69) is 15.5 Å². The number of nitrogens with one attached hydrogen (secondary N) is 2. The molecule has 0 bridgehead atoms. The minimum atomic E-state index is -0.565. The number of rotatable bonds is 14. The fraction of sp³-hybridized carbons (Fsp3) is 0.353. The number of nitrogens with zero attached hydrogens (tertiary/aromatic N) is 2. The van der Waals surface area contributed by atoms with Gasteiger partial charge in [0, 0.05) is 37.1 Å². The fourth-order valence-corrected chi connectivity index (χ4v) is 7.07. The van der Waals surface area contributed by atoms with E-state index < -0.39 is 12.2 Å². The van der Waals surface area contributed by atoms with Crippen molar-refractivity contribution in [2.75, 3.05) is 5.75 Å². The van der Waals surface area contributed by atoms with E-state index in [1.54, 1.807) is 28.6 Å². The van der Waals surface area contributed by atoms with E-state index >= 15 is 0 Å². The maximum absolute atomic E-state index is 12.4. The summed E-state index contributed by atoms with van der Waals surface area (Å²) in [5, 5.41) is 30.4. The van der Waals surface area contributed by atoms with Crippen LogP contribution in [0.2, 0.25) is 0 Å². The summed E-state index contributed by atoms with van der Waals surface area (Å²) < 4.78 is 13.9. The molecule has 1 fully saturated rings. The summed E-state index contributed by atoms with van der Waals surface area (Å²) in [6, 6.07) is 23.9. The Morgan fingerprint density at radius 3 is 2.35 bits per heavy atom. The Hall–Kier alpha value is -3.65. The summed E-state index contributed by atoms with van der Waals surface area (Å²) in [5.41, 5.74) is 7.41. The number of thioether (sulfide) groups is 1. The Morgan fingerprint density at radius 2 is 1.65 bits per heavy atom. The standard InChI is InChI=1S/C34H38N4O6S2/c1-22-36-37-34(46-22)45-21-28-18-30(25-12-10-23(20-39)11-13-25)44-33(43-28)26-16-14-24(15-17-26)29-7-3-2-6-27(29)19-35-31(40)8-4-5-9-32(41)38-42/h2-3,6-7,10-17,28,30,33,39,42H,4-5,8-9,18-21H2,1H3,(H,35,40)(H,38,41)/t28-,30+,33+/m1/s1. The van der Waals surface area contributed by atoms with Crippen LogP contribution in [-0.4, -0.2) is 44.2 Å². The Labute approximate surface area is 276 Å². The van der Waals surface area contributed by atoms with Gasteiger partial charge in [-0.15, -0.1) is 10.2 Å². The number of aromatic nitrogens is 2. The highest BCUT2D eigenvalue weighted by atomic mass is 32.2. The number of carbonyl (C=O) groups excluding carboxylic acids is 2. The molecule has 0 saturated carbocycles. The molecule has 1 aliphatic rings. The molecule has 4 N–H and O–H groups in total. The number of amides is 2. The average molecular weight is 663 g/mol. The molecule has 0 unspecified atom stereocenters. The van der Waals surface area contributed by atoms with Gasteiger partial charge >= 0.3 is 0 Å². The molecule has 3 atom stereocenters. The van der Waals surface area contributed by atoms with E-state index in [0.29, 0.717) is 32.2 Å². The van der Waals surface area contributed by atoms with Crippen molar-refractivity contribution in [1.82, 2.24) is 21.0 Å². The van der Waals surface area contributed by atoms with Crippen LogP contribution < -0.4 is 10.8 Å². The first kappa shape index (κ1) is 33.7. The molecule has 10 nitrogen and oxygen atoms in total. The third kappa shape index (κ3) is 9.44. The maximum atomic E-state index is 12.4. The molecule has 5 rings (SSSR count). The molecule has 2 amide bonds. The van der Waals surface area contributed by atoms with Crippen molar-refractivity contribution in [3.05, 3.63) is 100 Å². The van der Waals surface area contributed by atoms with Gasteiger partial charge in [-0.05, 0) is 47.6 Å². The molecule has 4 aromatic rings. The number of unbranched alkanes of at least 4 members (excludes halogenated alkanes) is 1. The molecule has 0 radical (unpaired) electrons. The van der Waals surface area contributed by atoms with Gasteiger partial charge in [-0.25, -0.2) is 5.48 Å². The van der Waals surface area contributed by atoms with Crippen molar-refractivity contribution in [3.63, 3.8) is 0 Å². The zero-order valence-electron chi connectivity index (χ0n) is 25.6. The molecule has 1 saturated heterocycles. The second kappa shape index (κ2) is 16.8. The lowest BCUT2D eigenvalue weighted by atomic mass is 9.97. The molecule has 12 heteroatoms. The molecule has 2 heterocycles. The largest absolute Gasteiger partial charge is 0.392 e. The lowest BCUT2D eigenvalue weighted by Crippen LogP contribution is -2.31. The summed E-state index contributed by atoms with van der Waals surface area (Å²) in [6.45, 7) is 2.32. The lowest BCUT2D eigenvalue weighted by Gasteiger charge is -2.36. The van der Waals surface area contributed by atoms with Crippen molar-refractivity contribution in [3.8, 4) is 11.1 Å². The second-order valence-electron chi connectivity index (χ2n) is 11.0. The molecule has 1 aromatic heterocycles. The molecule has 0 spiro atoms. The molecule has 242 valence electrons. The number of hydrogen-bond donors (Lipinski definition) is 4. The van der Waals surface area contributed by atoms with Crippen LogP contribution in [0.1, 0.15) is 71.8 Å². The van der Waals surface area contributed by atoms with Gasteiger partial charge in [0.15, 0.2) is 10.6 Å². The topological polar surface area (TPSA) is 143 Å². The molecule has 0 aliphatic carbocycles. The van der Waals surface area contributed by atoms with Gasteiger partial charge in [0.1, 0.15) is 5.01 Å². The van der Waals surface area contributed by atoms with Crippen LogP contribution in [0.25, 0.3) is 11.1 Å². The number of aliphatic hydroxyl groups is 1. The van der Waals surface area contributed by atoms with E-state index in [9.17, 15) is 14.7 Å². The minimum absolute atomic E-state index is 0.00664. The third-order valence-electron chi connectivity index (χ3n) is 7.68. The van der Waals surface area contributed by atoms with Crippen LogP contribution in [0.3, 0.4) is 0 Å². The highest BCUT2D eigenvalue weighted by Crippen LogP contribution is 2.40. The first-order valence-corrected chi connectivity index (χ1v) is 17.0. The van der Waals surface area contributed by atoms with Crippen LogP contribution in [0.4, 0.5) is 0 Å². The highest BCUT2D eigenvalue weighted by molar-refractivity contribution is 8.01. The molecule has 46 heavy (non-hydrogen) atoms. The molecular formula is C34H38N4O6S2. The van der Waals surface area contributed by atoms with Crippen LogP contribution in [0.5, 0.6) is 0 Å². The van der Waals surface area contributed by atoms with E-state index in [4.69, 9.17) is 14.7 Å². The Balaban J connectivity index is 1.25. The quantitative estimate of drug-likeness (QED) is 0.0551. The first-order chi connectivity index (χ1) is 22.4. The van der Waals surface area contributed by atoms with Crippen LogP contribution in [0, 0.1) is 6.92 Å². The molecule has 1 aliphatic heterocycles. The van der Waals surface area contributed by atoms with Gasteiger partial charge < -0.3 is 19.9 Å². The normalized spacial score (nSPS) is 17.8. The third-order valence-corrected chi connectivity index (χ3v) is 9.79. The van der Waals surface area contributed by atoms with Crippen LogP contribution >= 0.6 is 23.1 Å². The van der Waals surface area contributed by atoms with E-state index in [1.165, 1.54) is 0 Å². The number of aliphatic hydroxyl groups excluding tert-OH is 1. The smallest absolute Gasteiger partial charge is 0.243 e. The zero-order chi connectivity index (χ0) is 32.3. The first-order valence-electron chi connectivity index (χ1n) is 15.2. The van der Waals surface area contributed by atoms with E-state index in [1.807, 2.05) is 79.7 Å². The number of hydroxylamine groups is 1. The molecular weight excluding hydrogens is 625 g/mol. The van der Waals surface area contributed by atoms with Crippen LogP contribution in [-0.2, 0) is 32.2 Å². The van der Waals surface area contributed by atoms with Crippen molar-refractivity contribution in [1.29, 1.82) is 0 Å². The van der Waals surface area contributed by atoms with E-state index in [0.717, 1.165) is 48.5 Å². The Bertz CT molecular complexity index is 1580. The van der Waals surface area contributed by atoms with Gasteiger partial charge in [0.25, 0.3) is 0 Å². The number of aryl methyl sites for hydroxylation is 1. The highest BCUT2D eigenvalue weighted by Gasteiger charge is 2.32. The number of hydrogen-bond acceptors (Lipinski definition) is 10. The zero-order valence-corrected chi connectivity index (χ0v) is 27.2. The van der Waals surface area contributed by atoms with Gasteiger partial charge in [-0.2, -0.15) is 0 Å².